The van der Waals surface area contributed by atoms with Crippen molar-refractivity contribution in [1.29, 1.82) is 0 Å². The summed E-state index contributed by atoms with van der Waals surface area (Å²) >= 11 is 0. The largest absolute Gasteiger partial charge is 0.467 e. The van der Waals surface area contributed by atoms with Crippen LogP contribution in [0.25, 0.3) is 22.3 Å². The van der Waals surface area contributed by atoms with Crippen molar-refractivity contribution in [3.63, 3.8) is 0 Å². The fourth-order valence-corrected chi connectivity index (χ4v) is 2.06. The number of aromatic nitrogens is 4. The molecule has 0 fully saturated rings. The third-order valence-electron chi connectivity index (χ3n) is 3.04. The van der Waals surface area contributed by atoms with Crippen LogP contribution in [0.2, 0.25) is 0 Å². The number of rotatable bonds is 3. The summed E-state index contributed by atoms with van der Waals surface area (Å²) in [5.41, 5.74) is 3.10. The lowest BCUT2D eigenvalue weighted by Gasteiger charge is -2.04. The molecule has 102 valence electrons. The molecule has 0 amide bonds. The molecule has 0 aliphatic rings. The number of hydrogen-bond acceptors (Lipinski definition) is 5. The molecule has 0 unspecified atom stereocenters. The Morgan fingerprint density at radius 3 is 2.35 bits per heavy atom. The van der Waals surface area contributed by atoms with Crippen molar-refractivity contribution in [1.82, 2.24) is 19.9 Å². The predicted molar refractivity (Wildman–Crippen MR) is 75.0 cm³/mol. The van der Waals surface area contributed by atoms with Gasteiger partial charge in [-0.1, -0.05) is 11.6 Å². The Hall–Kier alpha value is -2.63. The number of benzene rings is 1. The van der Waals surface area contributed by atoms with Gasteiger partial charge in [0.2, 0.25) is 0 Å². The van der Waals surface area contributed by atoms with Gasteiger partial charge in [0.05, 0.1) is 14.2 Å². The van der Waals surface area contributed by atoms with Crippen molar-refractivity contribution in [2.24, 2.45) is 0 Å². The van der Waals surface area contributed by atoms with Crippen LogP contribution < -0.4 is 9.47 Å². The second-order valence-electron chi connectivity index (χ2n) is 4.38. The van der Waals surface area contributed by atoms with Crippen molar-refractivity contribution in [2.45, 2.75) is 6.92 Å². The van der Waals surface area contributed by atoms with Gasteiger partial charge in [-0.2, -0.15) is 9.97 Å². The SMILES string of the molecule is COc1nc(OC)nc(-c2c[nH]c3ccc(C)cc23)n1. The van der Waals surface area contributed by atoms with E-state index in [-0.39, 0.29) is 12.0 Å². The molecule has 0 radical (unpaired) electrons. The second kappa shape index (κ2) is 4.80. The van der Waals surface area contributed by atoms with Gasteiger partial charge in [-0.3, -0.25) is 0 Å². The summed E-state index contributed by atoms with van der Waals surface area (Å²) in [5.74, 6) is 0.519. The summed E-state index contributed by atoms with van der Waals surface area (Å²) in [4.78, 5) is 15.8. The molecule has 0 atom stereocenters. The zero-order valence-electron chi connectivity index (χ0n) is 11.5. The van der Waals surface area contributed by atoms with Gasteiger partial charge in [0.15, 0.2) is 5.82 Å². The first-order valence-electron chi connectivity index (χ1n) is 6.13. The van der Waals surface area contributed by atoms with E-state index in [1.807, 2.05) is 19.2 Å². The number of aromatic amines is 1. The van der Waals surface area contributed by atoms with Gasteiger partial charge in [-0.25, -0.2) is 0 Å². The van der Waals surface area contributed by atoms with Crippen molar-refractivity contribution in [2.75, 3.05) is 14.2 Å². The van der Waals surface area contributed by atoms with Gasteiger partial charge in [0, 0.05) is 22.7 Å². The molecule has 1 aromatic carbocycles. The molecule has 6 heteroatoms. The molecule has 1 N–H and O–H groups in total. The third-order valence-corrected chi connectivity index (χ3v) is 3.04. The number of fused-ring (bicyclic) bond motifs is 1. The van der Waals surface area contributed by atoms with Gasteiger partial charge in [0.25, 0.3) is 0 Å². The molecule has 0 spiro atoms. The number of nitrogens with zero attached hydrogens (tertiary/aromatic N) is 3. The average molecular weight is 270 g/mol. The van der Waals surface area contributed by atoms with Gasteiger partial charge in [0.1, 0.15) is 0 Å². The number of hydrogen-bond donors (Lipinski definition) is 1. The molecule has 0 aliphatic carbocycles. The Bertz CT molecular complexity index is 745. The van der Waals surface area contributed by atoms with Crippen LogP contribution in [0.4, 0.5) is 0 Å². The lowest BCUT2D eigenvalue weighted by Crippen LogP contribution is -2.00. The monoisotopic (exact) mass is 270 g/mol. The van der Waals surface area contributed by atoms with Crippen LogP contribution in [0.5, 0.6) is 12.0 Å². The molecule has 0 saturated carbocycles. The van der Waals surface area contributed by atoms with Crippen LogP contribution in [0.1, 0.15) is 5.56 Å². The highest BCUT2D eigenvalue weighted by Crippen LogP contribution is 2.28. The quantitative estimate of drug-likeness (QED) is 0.790. The van der Waals surface area contributed by atoms with Crippen molar-refractivity contribution in [3.8, 4) is 23.4 Å². The topological polar surface area (TPSA) is 72.9 Å². The Morgan fingerprint density at radius 1 is 1.00 bits per heavy atom. The number of ether oxygens (including phenoxy) is 2. The molecule has 2 heterocycles. The first kappa shape index (κ1) is 12.4. The van der Waals surface area contributed by atoms with Crippen molar-refractivity contribution < 1.29 is 9.47 Å². The standard InChI is InChI=1S/C14H14N4O2/c1-8-4-5-11-9(6-8)10(7-15-11)12-16-13(19-2)18-14(17-12)20-3/h4-7,15H,1-3H3. The molecular weight excluding hydrogens is 256 g/mol. The number of methoxy groups -OCH3 is 2. The van der Waals surface area contributed by atoms with Gasteiger partial charge < -0.3 is 14.5 Å². The second-order valence-corrected chi connectivity index (χ2v) is 4.38. The highest BCUT2D eigenvalue weighted by atomic mass is 16.5. The van der Waals surface area contributed by atoms with E-state index in [9.17, 15) is 0 Å². The minimum Gasteiger partial charge on any atom is -0.467 e. The van der Waals surface area contributed by atoms with E-state index in [1.54, 1.807) is 0 Å². The minimum atomic E-state index is 0.230. The molecule has 3 aromatic rings. The van der Waals surface area contributed by atoms with E-state index < -0.39 is 0 Å². The van der Waals surface area contributed by atoms with E-state index in [0.29, 0.717) is 5.82 Å². The normalized spacial score (nSPS) is 10.8. The summed E-state index contributed by atoms with van der Waals surface area (Å²) < 4.78 is 10.2. The molecule has 3 rings (SSSR count). The van der Waals surface area contributed by atoms with Gasteiger partial charge in [-0.05, 0) is 19.1 Å². The molecule has 0 bridgehead atoms. The van der Waals surface area contributed by atoms with E-state index >= 15 is 0 Å². The lowest BCUT2D eigenvalue weighted by molar-refractivity contribution is 0.341. The zero-order valence-corrected chi connectivity index (χ0v) is 11.5. The predicted octanol–water partition coefficient (Wildman–Crippen LogP) is 2.35. The molecule has 20 heavy (non-hydrogen) atoms. The molecular formula is C14H14N4O2. The summed E-state index contributed by atoms with van der Waals surface area (Å²) in [6.07, 6.45) is 1.87. The highest BCUT2D eigenvalue weighted by Gasteiger charge is 2.13. The van der Waals surface area contributed by atoms with Gasteiger partial charge in [-0.15, -0.1) is 4.98 Å². The third kappa shape index (κ3) is 2.05. The van der Waals surface area contributed by atoms with Crippen LogP contribution in [0.3, 0.4) is 0 Å². The van der Waals surface area contributed by atoms with Gasteiger partial charge >= 0.3 is 12.0 Å². The number of aryl methyl sites for hydroxylation is 1. The Kier molecular flexibility index (Phi) is 2.98. The van der Waals surface area contributed by atoms with E-state index in [1.165, 1.54) is 19.8 Å². The van der Waals surface area contributed by atoms with Crippen LogP contribution >= 0.6 is 0 Å². The Labute approximate surface area is 115 Å². The Morgan fingerprint density at radius 2 is 1.70 bits per heavy atom. The fraction of sp³-hybridized carbons (Fsp3) is 0.214. The maximum atomic E-state index is 5.08. The highest BCUT2D eigenvalue weighted by molar-refractivity contribution is 5.94. The van der Waals surface area contributed by atoms with E-state index in [4.69, 9.17) is 9.47 Å². The number of nitrogens with one attached hydrogen (secondary N) is 1. The fourth-order valence-electron chi connectivity index (χ4n) is 2.06. The molecule has 0 aliphatic heterocycles. The lowest BCUT2D eigenvalue weighted by atomic mass is 10.1. The summed E-state index contributed by atoms with van der Waals surface area (Å²) in [6, 6.07) is 6.63. The van der Waals surface area contributed by atoms with Crippen molar-refractivity contribution in [3.05, 3.63) is 30.0 Å². The summed E-state index contributed by atoms with van der Waals surface area (Å²) in [6.45, 7) is 2.05. The molecule has 6 nitrogen and oxygen atoms in total. The maximum Gasteiger partial charge on any atom is 0.322 e. The van der Waals surface area contributed by atoms with E-state index in [0.717, 1.165) is 16.5 Å². The van der Waals surface area contributed by atoms with Crippen LogP contribution in [-0.2, 0) is 0 Å². The Balaban J connectivity index is 2.22. The van der Waals surface area contributed by atoms with Crippen LogP contribution in [-0.4, -0.2) is 34.2 Å². The van der Waals surface area contributed by atoms with E-state index in [2.05, 4.69) is 32.1 Å². The van der Waals surface area contributed by atoms with Crippen LogP contribution in [0.15, 0.2) is 24.4 Å². The minimum absolute atomic E-state index is 0.230. The smallest absolute Gasteiger partial charge is 0.322 e. The summed E-state index contributed by atoms with van der Waals surface area (Å²) in [7, 11) is 3.02. The zero-order chi connectivity index (χ0) is 14.1. The summed E-state index contributed by atoms with van der Waals surface area (Å²) in [5, 5.41) is 1.06. The maximum absolute atomic E-state index is 5.08. The first-order valence-corrected chi connectivity index (χ1v) is 6.13. The average Bonchev–Trinajstić information content (AvgIpc) is 2.89. The van der Waals surface area contributed by atoms with Crippen molar-refractivity contribution >= 4 is 10.9 Å². The van der Waals surface area contributed by atoms with Crippen LogP contribution in [0, 0.1) is 6.92 Å². The first-order chi connectivity index (χ1) is 9.71. The molecule has 2 aromatic heterocycles. The number of H-pyrrole nitrogens is 1. The molecule has 0 saturated heterocycles.